The molecule has 5 nitrogen and oxygen atoms in total. The maximum atomic E-state index is 5.76. The summed E-state index contributed by atoms with van der Waals surface area (Å²) < 4.78 is 10.6. The lowest BCUT2D eigenvalue weighted by Crippen LogP contribution is -2.29. The molecule has 0 bridgehead atoms. The molecule has 0 spiro atoms. The number of hydrogen-bond donors (Lipinski definition) is 1. The van der Waals surface area contributed by atoms with Gasteiger partial charge >= 0.3 is 0 Å². The molecule has 0 aliphatic carbocycles. The van der Waals surface area contributed by atoms with E-state index in [1.807, 2.05) is 0 Å². The predicted octanol–water partition coefficient (Wildman–Crippen LogP) is 1.61. The minimum atomic E-state index is 0.529. The molecule has 1 aliphatic rings. The van der Waals surface area contributed by atoms with Gasteiger partial charge in [-0.3, -0.25) is 0 Å². The molecule has 1 aromatic heterocycles. The third-order valence-corrected chi connectivity index (χ3v) is 4.67. The fourth-order valence-corrected chi connectivity index (χ4v) is 3.25. The summed E-state index contributed by atoms with van der Waals surface area (Å²) in [7, 11) is 3.79. The van der Waals surface area contributed by atoms with Crippen LogP contribution in [-0.4, -0.2) is 38.9 Å². The summed E-state index contributed by atoms with van der Waals surface area (Å²) in [6.45, 7) is 3.88. The van der Waals surface area contributed by atoms with Crippen molar-refractivity contribution in [2.75, 3.05) is 38.8 Å². The van der Waals surface area contributed by atoms with Crippen LogP contribution in [0.5, 0.6) is 0 Å². The topological polar surface area (TPSA) is 60.6 Å². The second-order valence-corrected chi connectivity index (χ2v) is 6.00. The zero-order valence-corrected chi connectivity index (χ0v) is 12.5. The first-order chi connectivity index (χ1) is 9.24. The molecule has 1 saturated heterocycles. The lowest BCUT2D eigenvalue weighted by molar-refractivity contribution is 0.0685. The van der Waals surface area contributed by atoms with E-state index in [1.165, 1.54) is 0 Å². The van der Waals surface area contributed by atoms with E-state index in [0.717, 1.165) is 48.3 Å². The molecule has 0 aromatic carbocycles. The minimum absolute atomic E-state index is 0.529. The van der Waals surface area contributed by atoms with Crippen LogP contribution in [0.4, 0.5) is 5.13 Å². The maximum Gasteiger partial charge on any atom is 0.185 e. The van der Waals surface area contributed by atoms with Crippen molar-refractivity contribution in [2.45, 2.75) is 26.0 Å². The first-order valence-electron chi connectivity index (χ1n) is 6.71. The van der Waals surface area contributed by atoms with Gasteiger partial charge in [0.1, 0.15) is 0 Å². The summed E-state index contributed by atoms with van der Waals surface area (Å²) in [5.74, 6) is 0.704. The highest BCUT2D eigenvalue weighted by atomic mass is 32.1. The van der Waals surface area contributed by atoms with Crippen LogP contribution in [0.1, 0.15) is 23.4 Å². The summed E-state index contributed by atoms with van der Waals surface area (Å²) in [5, 5.41) is 1.04. The Labute approximate surface area is 118 Å². The number of ether oxygens (including phenoxy) is 2. The fourth-order valence-electron chi connectivity index (χ4n) is 2.34. The molecule has 1 aliphatic heterocycles. The number of rotatable bonds is 6. The molecular formula is C13H23N3O2S. The van der Waals surface area contributed by atoms with Gasteiger partial charge in [-0.05, 0) is 18.8 Å². The molecule has 6 heteroatoms. The number of aromatic nitrogens is 1. The van der Waals surface area contributed by atoms with Crippen LogP contribution in [0.15, 0.2) is 0 Å². The molecule has 1 fully saturated rings. The standard InChI is InChI=1S/C13H23N3O2S/c1-16(8-10-3-5-18-6-4-10)13-15-11(9-17-2)12(7-14)19-13/h10H,3-9,14H2,1-2H3. The first kappa shape index (κ1) is 14.7. The highest BCUT2D eigenvalue weighted by molar-refractivity contribution is 7.15. The SMILES string of the molecule is COCc1nc(N(C)CC2CCOCC2)sc1CN. The average Bonchev–Trinajstić information content (AvgIpc) is 2.83. The second-order valence-electron chi connectivity index (χ2n) is 4.94. The van der Waals surface area contributed by atoms with Crippen LogP contribution in [-0.2, 0) is 22.6 Å². The Hall–Kier alpha value is -0.690. The Morgan fingerprint density at radius 2 is 2.21 bits per heavy atom. The zero-order valence-electron chi connectivity index (χ0n) is 11.7. The van der Waals surface area contributed by atoms with Crippen LogP contribution in [0.3, 0.4) is 0 Å². The number of nitrogens with zero attached hydrogens (tertiary/aromatic N) is 2. The van der Waals surface area contributed by atoms with E-state index in [-0.39, 0.29) is 0 Å². The Balaban J connectivity index is 1.99. The zero-order chi connectivity index (χ0) is 13.7. The van der Waals surface area contributed by atoms with E-state index in [2.05, 4.69) is 16.9 Å². The Bertz CT molecular complexity index is 391. The van der Waals surface area contributed by atoms with Crippen molar-refractivity contribution in [3.05, 3.63) is 10.6 Å². The van der Waals surface area contributed by atoms with E-state index >= 15 is 0 Å². The van der Waals surface area contributed by atoms with Gasteiger partial charge in [0.05, 0.1) is 12.3 Å². The highest BCUT2D eigenvalue weighted by Crippen LogP contribution is 2.27. The second kappa shape index (κ2) is 7.19. The van der Waals surface area contributed by atoms with Crippen LogP contribution in [0.25, 0.3) is 0 Å². The lowest BCUT2D eigenvalue weighted by atomic mass is 10.0. The number of methoxy groups -OCH3 is 1. The van der Waals surface area contributed by atoms with Gasteiger partial charge in [-0.25, -0.2) is 4.98 Å². The van der Waals surface area contributed by atoms with Gasteiger partial charge in [-0.1, -0.05) is 0 Å². The van der Waals surface area contributed by atoms with E-state index in [9.17, 15) is 0 Å². The molecule has 2 rings (SSSR count). The molecule has 2 N–H and O–H groups in total. The number of anilines is 1. The summed E-state index contributed by atoms with van der Waals surface area (Å²) in [6, 6.07) is 0. The monoisotopic (exact) mass is 285 g/mol. The summed E-state index contributed by atoms with van der Waals surface area (Å²) >= 11 is 1.67. The molecule has 0 saturated carbocycles. The van der Waals surface area contributed by atoms with Crippen LogP contribution in [0.2, 0.25) is 0 Å². The van der Waals surface area contributed by atoms with Gasteiger partial charge in [0.2, 0.25) is 0 Å². The van der Waals surface area contributed by atoms with Crippen molar-refractivity contribution >= 4 is 16.5 Å². The first-order valence-corrected chi connectivity index (χ1v) is 7.52. The van der Waals surface area contributed by atoms with Crippen molar-refractivity contribution in [2.24, 2.45) is 11.7 Å². The lowest BCUT2D eigenvalue weighted by Gasteiger charge is -2.26. The van der Waals surface area contributed by atoms with E-state index < -0.39 is 0 Å². The smallest absolute Gasteiger partial charge is 0.185 e. The molecule has 0 unspecified atom stereocenters. The molecule has 0 amide bonds. The Kier molecular flexibility index (Phi) is 5.57. The van der Waals surface area contributed by atoms with Crippen molar-refractivity contribution in [3.63, 3.8) is 0 Å². The van der Waals surface area contributed by atoms with Crippen LogP contribution >= 0.6 is 11.3 Å². The van der Waals surface area contributed by atoms with Crippen LogP contribution < -0.4 is 10.6 Å². The molecule has 108 valence electrons. The highest BCUT2D eigenvalue weighted by Gasteiger charge is 2.19. The predicted molar refractivity (Wildman–Crippen MR) is 77.5 cm³/mol. The third-order valence-electron chi connectivity index (χ3n) is 3.43. The van der Waals surface area contributed by atoms with Crippen molar-refractivity contribution in [1.82, 2.24) is 4.98 Å². The Morgan fingerprint density at radius 1 is 1.47 bits per heavy atom. The molecular weight excluding hydrogens is 262 g/mol. The summed E-state index contributed by atoms with van der Waals surface area (Å²) in [4.78, 5) is 8.00. The number of hydrogen-bond acceptors (Lipinski definition) is 6. The fraction of sp³-hybridized carbons (Fsp3) is 0.769. The van der Waals surface area contributed by atoms with E-state index in [1.54, 1.807) is 18.4 Å². The van der Waals surface area contributed by atoms with Gasteiger partial charge < -0.3 is 20.1 Å². The molecule has 2 heterocycles. The van der Waals surface area contributed by atoms with Crippen molar-refractivity contribution in [3.8, 4) is 0 Å². The largest absolute Gasteiger partial charge is 0.381 e. The molecule has 0 atom stereocenters. The van der Waals surface area contributed by atoms with Gasteiger partial charge in [-0.15, -0.1) is 11.3 Å². The summed E-state index contributed by atoms with van der Waals surface area (Å²) in [5.41, 5.74) is 6.73. The maximum absolute atomic E-state index is 5.76. The van der Waals surface area contributed by atoms with Crippen LogP contribution in [0, 0.1) is 5.92 Å². The van der Waals surface area contributed by atoms with Gasteiger partial charge in [-0.2, -0.15) is 0 Å². The normalized spacial score (nSPS) is 16.8. The number of nitrogens with two attached hydrogens (primary N) is 1. The molecule has 1 aromatic rings. The molecule has 19 heavy (non-hydrogen) atoms. The van der Waals surface area contributed by atoms with Crippen molar-refractivity contribution < 1.29 is 9.47 Å². The Morgan fingerprint density at radius 3 is 2.84 bits per heavy atom. The molecule has 0 radical (unpaired) electrons. The summed E-state index contributed by atoms with van der Waals surface area (Å²) in [6.07, 6.45) is 2.29. The van der Waals surface area contributed by atoms with E-state index in [0.29, 0.717) is 19.1 Å². The van der Waals surface area contributed by atoms with Crippen molar-refractivity contribution in [1.29, 1.82) is 0 Å². The quantitative estimate of drug-likeness (QED) is 0.860. The average molecular weight is 285 g/mol. The van der Waals surface area contributed by atoms with Gasteiger partial charge in [0, 0.05) is 45.3 Å². The van der Waals surface area contributed by atoms with Gasteiger partial charge in [0.15, 0.2) is 5.13 Å². The van der Waals surface area contributed by atoms with Gasteiger partial charge in [0.25, 0.3) is 0 Å². The third kappa shape index (κ3) is 3.89. The number of thiazole rings is 1. The minimum Gasteiger partial charge on any atom is -0.381 e. The van der Waals surface area contributed by atoms with E-state index in [4.69, 9.17) is 15.2 Å².